The Labute approximate surface area is 121 Å². The van der Waals surface area contributed by atoms with Crippen molar-refractivity contribution in [1.29, 1.82) is 0 Å². The molecule has 2 N–H and O–H groups in total. The number of anilines is 1. The van der Waals surface area contributed by atoms with Crippen molar-refractivity contribution in [3.05, 3.63) is 29.8 Å². The van der Waals surface area contributed by atoms with Crippen molar-refractivity contribution in [1.82, 2.24) is 4.90 Å². The maximum Gasteiger partial charge on any atom is 0.255 e. The molecule has 0 atom stereocenters. The first-order chi connectivity index (χ1) is 9.70. The van der Waals surface area contributed by atoms with Crippen LogP contribution >= 0.6 is 0 Å². The minimum atomic E-state index is 0.105. The van der Waals surface area contributed by atoms with Crippen molar-refractivity contribution in [2.75, 3.05) is 18.8 Å². The lowest BCUT2D eigenvalue weighted by molar-refractivity contribution is 0.0473. The molecule has 1 heterocycles. The average Bonchev–Trinajstić information content (AvgIpc) is 2.49. The van der Waals surface area contributed by atoms with Gasteiger partial charge in [-0.3, -0.25) is 4.79 Å². The van der Waals surface area contributed by atoms with Crippen molar-refractivity contribution < 1.29 is 4.79 Å². The van der Waals surface area contributed by atoms with Gasteiger partial charge in [-0.2, -0.15) is 0 Å². The van der Waals surface area contributed by atoms with Gasteiger partial charge in [0.1, 0.15) is 0 Å². The van der Waals surface area contributed by atoms with Gasteiger partial charge in [0.05, 0.1) is 5.56 Å². The van der Waals surface area contributed by atoms with Crippen LogP contribution < -0.4 is 5.73 Å². The number of amides is 1. The van der Waals surface area contributed by atoms with Crippen LogP contribution in [0.5, 0.6) is 0 Å². The standard InChI is InChI=1S/C17H24N2O/c18-15-7-3-2-6-14(15)16(20)19-12-10-17(11-13-19)8-4-1-5-9-17/h2-3,6-7H,1,4-5,8-13,18H2. The molecule has 2 aliphatic rings. The van der Waals surface area contributed by atoms with Crippen LogP contribution in [0.3, 0.4) is 0 Å². The van der Waals surface area contributed by atoms with E-state index in [4.69, 9.17) is 5.73 Å². The number of hydrogen-bond acceptors (Lipinski definition) is 2. The number of rotatable bonds is 1. The molecule has 1 saturated heterocycles. The van der Waals surface area contributed by atoms with E-state index in [2.05, 4.69) is 0 Å². The Morgan fingerprint density at radius 3 is 2.30 bits per heavy atom. The van der Waals surface area contributed by atoms with E-state index in [0.717, 1.165) is 13.1 Å². The van der Waals surface area contributed by atoms with E-state index in [1.807, 2.05) is 23.1 Å². The summed E-state index contributed by atoms with van der Waals surface area (Å²) in [5, 5.41) is 0. The highest BCUT2D eigenvalue weighted by atomic mass is 16.2. The minimum absolute atomic E-state index is 0.105. The molecular formula is C17H24N2O. The average molecular weight is 272 g/mol. The highest BCUT2D eigenvalue weighted by Gasteiger charge is 2.36. The summed E-state index contributed by atoms with van der Waals surface area (Å²) in [6.07, 6.45) is 9.21. The first-order valence-corrected chi connectivity index (χ1v) is 7.84. The van der Waals surface area contributed by atoms with Crippen LogP contribution in [-0.2, 0) is 0 Å². The van der Waals surface area contributed by atoms with Gasteiger partial charge in [-0.15, -0.1) is 0 Å². The van der Waals surface area contributed by atoms with Gasteiger partial charge in [0, 0.05) is 18.8 Å². The molecule has 0 aromatic heterocycles. The summed E-state index contributed by atoms with van der Waals surface area (Å²) < 4.78 is 0. The van der Waals surface area contributed by atoms with E-state index in [-0.39, 0.29) is 5.91 Å². The number of nitrogens with two attached hydrogens (primary N) is 1. The fourth-order valence-corrected chi connectivity index (χ4v) is 3.85. The Morgan fingerprint density at radius 1 is 1.00 bits per heavy atom. The van der Waals surface area contributed by atoms with Gasteiger partial charge in [-0.25, -0.2) is 0 Å². The maximum absolute atomic E-state index is 12.5. The first kappa shape index (κ1) is 13.5. The molecule has 1 saturated carbocycles. The van der Waals surface area contributed by atoms with Gasteiger partial charge in [-0.05, 0) is 43.2 Å². The van der Waals surface area contributed by atoms with Gasteiger partial charge < -0.3 is 10.6 Å². The monoisotopic (exact) mass is 272 g/mol. The molecule has 3 heteroatoms. The lowest BCUT2D eigenvalue weighted by atomic mass is 9.68. The van der Waals surface area contributed by atoms with Crippen molar-refractivity contribution in [2.24, 2.45) is 5.41 Å². The SMILES string of the molecule is Nc1ccccc1C(=O)N1CCC2(CCCCC2)CC1. The number of hydrogen-bond donors (Lipinski definition) is 1. The highest BCUT2D eigenvalue weighted by Crippen LogP contribution is 2.44. The van der Waals surface area contributed by atoms with E-state index in [1.165, 1.54) is 44.9 Å². The first-order valence-electron chi connectivity index (χ1n) is 7.84. The Balaban J connectivity index is 1.66. The summed E-state index contributed by atoms with van der Waals surface area (Å²) >= 11 is 0. The molecule has 1 aliphatic carbocycles. The zero-order valence-corrected chi connectivity index (χ0v) is 12.1. The van der Waals surface area contributed by atoms with E-state index in [1.54, 1.807) is 6.07 Å². The molecule has 3 nitrogen and oxygen atoms in total. The van der Waals surface area contributed by atoms with E-state index in [0.29, 0.717) is 16.7 Å². The van der Waals surface area contributed by atoms with Crippen LogP contribution in [0.25, 0.3) is 0 Å². The number of para-hydroxylation sites is 1. The Morgan fingerprint density at radius 2 is 1.65 bits per heavy atom. The highest BCUT2D eigenvalue weighted by molar-refractivity contribution is 5.99. The molecule has 1 aromatic rings. The van der Waals surface area contributed by atoms with Crippen molar-refractivity contribution in [3.63, 3.8) is 0 Å². The molecule has 20 heavy (non-hydrogen) atoms. The summed E-state index contributed by atoms with van der Waals surface area (Å²) in [7, 11) is 0. The Hall–Kier alpha value is -1.51. The van der Waals surface area contributed by atoms with Gasteiger partial charge in [0.2, 0.25) is 0 Å². The lowest BCUT2D eigenvalue weighted by Gasteiger charge is -2.44. The summed E-state index contributed by atoms with van der Waals surface area (Å²) in [5.74, 6) is 0.105. The Kier molecular flexibility index (Phi) is 3.68. The van der Waals surface area contributed by atoms with Crippen LogP contribution in [0, 0.1) is 5.41 Å². The van der Waals surface area contributed by atoms with Crippen LogP contribution in [0.1, 0.15) is 55.3 Å². The molecule has 1 spiro atoms. The van der Waals surface area contributed by atoms with Crippen molar-refractivity contribution in [3.8, 4) is 0 Å². The van der Waals surface area contributed by atoms with Gasteiger partial charge >= 0.3 is 0 Å². The summed E-state index contributed by atoms with van der Waals surface area (Å²) in [5.41, 5.74) is 7.71. The maximum atomic E-state index is 12.5. The Bertz CT molecular complexity index is 482. The molecular weight excluding hydrogens is 248 g/mol. The van der Waals surface area contributed by atoms with Crippen LogP contribution in [-0.4, -0.2) is 23.9 Å². The predicted molar refractivity (Wildman–Crippen MR) is 81.5 cm³/mol. The number of benzene rings is 1. The fraction of sp³-hybridized carbons (Fsp3) is 0.588. The zero-order valence-electron chi connectivity index (χ0n) is 12.1. The molecule has 0 unspecified atom stereocenters. The number of carbonyl (C=O) groups is 1. The van der Waals surface area contributed by atoms with Gasteiger partial charge in [0.25, 0.3) is 5.91 Å². The molecule has 108 valence electrons. The third-order valence-electron chi connectivity index (χ3n) is 5.22. The molecule has 1 aromatic carbocycles. The number of likely N-dealkylation sites (tertiary alicyclic amines) is 1. The van der Waals surface area contributed by atoms with Gasteiger partial charge in [-0.1, -0.05) is 31.4 Å². The largest absolute Gasteiger partial charge is 0.398 e. The van der Waals surface area contributed by atoms with E-state index < -0.39 is 0 Å². The predicted octanol–water partition coefficient (Wildman–Crippen LogP) is 3.46. The fourth-order valence-electron chi connectivity index (χ4n) is 3.85. The molecule has 0 bridgehead atoms. The van der Waals surface area contributed by atoms with Gasteiger partial charge in [0.15, 0.2) is 0 Å². The van der Waals surface area contributed by atoms with Crippen LogP contribution in [0.2, 0.25) is 0 Å². The number of piperidine rings is 1. The van der Waals surface area contributed by atoms with Crippen molar-refractivity contribution >= 4 is 11.6 Å². The lowest BCUT2D eigenvalue weighted by Crippen LogP contribution is -2.44. The van der Waals surface area contributed by atoms with E-state index in [9.17, 15) is 4.79 Å². The topological polar surface area (TPSA) is 46.3 Å². The number of nitrogen functional groups attached to an aromatic ring is 1. The third-order valence-corrected chi connectivity index (χ3v) is 5.22. The minimum Gasteiger partial charge on any atom is -0.398 e. The number of carbonyl (C=O) groups excluding carboxylic acids is 1. The zero-order chi connectivity index (χ0) is 14.0. The third kappa shape index (κ3) is 2.54. The second-order valence-corrected chi connectivity index (χ2v) is 6.44. The second-order valence-electron chi connectivity index (χ2n) is 6.44. The van der Waals surface area contributed by atoms with Crippen LogP contribution in [0.4, 0.5) is 5.69 Å². The normalized spacial score (nSPS) is 21.9. The molecule has 0 radical (unpaired) electrons. The molecule has 2 fully saturated rings. The molecule has 3 rings (SSSR count). The summed E-state index contributed by atoms with van der Waals surface area (Å²) in [6.45, 7) is 1.79. The second kappa shape index (κ2) is 5.47. The smallest absolute Gasteiger partial charge is 0.255 e. The van der Waals surface area contributed by atoms with Crippen LogP contribution in [0.15, 0.2) is 24.3 Å². The van der Waals surface area contributed by atoms with Crippen molar-refractivity contribution in [2.45, 2.75) is 44.9 Å². The molecule has 1 aliphatic heterocycles. The quantitative estimate of drug-likeness (QED) is 0.796. The number of nitrogens with zero attached hydrogens (tertiary/aromatic N) is 1. The molecule has 1 amide bonds. The van der Waals surface area contributed by atoms with E-state index >= 15 is 0 Å². The summed E-state index contributed by atoms with van der Waals surface area (Å²) in [6, 6.07) is 7.40. The summed E-state index contributed by atoms with van der Waals surface area (Å²) in [4.78, 5) is 14.5.